The van der Waals surface area contributed by atoms with Crippen LogP contribution in [0.15, 0.2) is 76.6 Å². The third-order valence-electron chi connectivity index (χ3n) is 5.09. The first kappa shape index (κ1) is 28.6. The molecule has 1 aromatic heterocycles. The molecule has 0 unspecified atom stereocenters. The number of ether oxygens (including phenoxy) is 1. The SMILES string of the molecule is CCN(C)C/N=C(/Nc1ccc(Oc2ccn(C)c(=O)c2)cc1)N(C=O)Cc1ccc(Cl)cc1.CO. The van der Waals surface area contributed by atoms with Crippen molar-refractivity contribution in [1.29, 1.82) is 0 Å². The number of nitrogens with one attached hydrogen (secondary N) is 1. The molecule has 0 saturated heterocycles. The maximum absolute atomic E-state index is 11.9. The van der Waals surface area contributed by atoms with Gasteiger partial charge in [-0.05, 0) is 61.6 Å². The lowest BCUT2D eigenvalue weighted by atomic mass is 10.2. The van der Waals surface area contributed by atoms with Crippen molar-refractivity contribution in [2.45, 2.75) is 13.5 Å². The smallest absolute Gasteiger partial charge is 0.253 e. The van der Waals surface area contributed by atoms with Crippen LogP contribution in [0.4, 0.5) is 5.69 Å². The molecular weight excluding hydrogens is 482 g/mol. The number of aliphatic imine (C=N–C) groups is 1. The summed E-state index contributed by atoms with van der Waals surface area (Å²) in [6.45, 7) is 3.62. The van der Waals surface area contributed by atoms with Crippen LogP contribution in [0.25, 0.3) is 0 Å². The molecule has 192 valence electrons. The molecule has 0 bridgehead atoms. The molecule has 9 nitrogen and oxygen atoms in total. The van der Waals surface area contributed by atoms with Crippen molar-refractivity contribution >= 4 is 29.7 Å². The van der Waals surface area contributed by atoms with Crippen LogP contribution in [0.1, 0.15) is 12.5 Å². The summed E-state index contributed by atoms with van der Waals surface area (Å²) in [6.07, 6.45) is 2.40. The van der Waals surface area contributed by atoms with Crippen LogP contribution >= 0.6 is 11.6 Å². The number of anilines is 1. The van der Waals surface area contributed by atoms with Gasteiger partial charge in [0, 0.05) is 37.1 Å². The van der Waals surface area contributed by atoms with Gasteiger partial charge < -0.3 is 19.7 Å². The normalized spacial score (nSPS) is 10.9. The van der Waals surface area contributed by atoms with Crippen LogP contribution in [0.3, 0.4) is 0 Å². The molecule has 0 atom stereocenters. The fraction of sp³-hybridized carbons (Fsp3) is 0.269. The highest BCUT2D eigenvalue weighted by Crippen LogP contribution is 2.22. The molecular formula is C26H32ClN5O4. The lowest BCUT2D eigenvalue weighted by Crippen LogP contribution is -2.36. The van der Waals surface area contributed by atoms with Gasteiger partial charge in [-0.25, -0.2) is 4.99 Å². The van der Waals surface area contributed by atoms with Gasteiger partial charge in [0.05, 0.1) is 13.2 Å². The highest BCUT2D eigenvalue weighted by Gasteiger charge is 2.13. The van der Waals surface area contributed by atoms with Gasteiger partial charge in [0.2, 0.25) is 12.4 Å². The second-order valence-electron chi connectivity index (χ2n) is 7.72. The first-order valence-corrected chi connectivity index (χ1v) is 11.6. The van der Waals surface area contributed by atoms with E-state index < -0.39 is 0 Å². The van der Waals surface area contributed by atoms with E-state index in [0.29, 0.717) is 35.7 Å². The molecule has 3 rings (SSSR count). The Morgan fingerprint density at radius 2 is 1.78 bits per heavy atom. The Kier molecular flexibility index (Phi) is 11.6. The standard InChI is InChI=1S/C25H28ClN5O3.CH4O/c1-4-29(2)17-27-25(31(18-32)16-19-5-7-20(26)8-6-19)28-21-9-11-22(12-10-21)34-23-13-14-30(3)24(33)15-23;1-2/h5-15,18H,4,16-17H2,1-3H3,(H,27,28);2H,1H3. The molecule has 1 heterocycles. The van der Waals surface area contributed by atoms with Gasteiger partial charge in [-0.15, -0.1) is 0 Å². The highest BCUT2D eigenvalue weighted by molar-refractivity contribution is 6.30. The van der Waals surface area contributed by atoms with Crippen LogP contribution in [0.2, 0.25) is 5.02 Å². The zero-order valence-corrected chi connectivity index (χ0v) is 21.6. The fourth-order valence-corrected chi connectivity index (χ4v) is 3.03. The quantitative estimate of drug-likeness (QED) is 0.257. The number of rotatable bonds is 9. The molecule has 0 fully saturated rings. The Balaban J connectivity index is 0.00000222. The Morgan fingerprint density at radius 3 is 2.36 bits per heavy atom. The lowest BCUT2D eigenvalue weighted by Gasteiger charge is -2.22. The largest absolute Gasteiger partial charge is 0.457 e. The number of hydrogen-bond acceptors (Lipinski definition) is 6. The summed E-state index contributed by atoms with van der Waals surface area (Å²) in [4.78, 5) is 31.9. The molecule has 3 aromatic rings. The molecule has 0 aliphatic heterocycles. The number of guanidine groups is 1. The zero-order chi connectivity index (χ0) is 26.5. The molecule has 10 heteroatoms. The number of benzene rings is 2. The maximum atomic E-state index is 11.9. The number of nitrogens with zero attached hydrogens (tertiary/aromatic N) is 4. The molecule has 0 aliphatic rings. The number of hydrogen-bond donors (Lipinski definition) is 2. The Hall–Kier alpha value is -3.66. The van der Waals surface area contributed by atoms with E-state index in [1.54, 1.807) is 43.6 Å². The van der Waals surface area contributed by atoms with Crippen molar-refractivity contribution < 1.29 is 14.6 Å². The third-order valence-corrected chi connectivity index (χ3v) is 5.34. The molecule has 0 radical (unpaired) electrons. The van der Waals surface area contributed by atoms with E-state index in [0.717, 1.165) is 31.3 Å². The predicted molar refractivity (Wildman–Crippen MR) is 144 cm³/mol. The van der Waals surface area contributed by atoms with Crippen molar-refractivity contribution in [1.82, 2.24) is 14.4 Å². The van der Waals surface area contributed by atoms with Gasteiger partial charge in [0.1, 0.15) is 11.5 Å². The Morgan fingerprint density at radius 1 is 1.11 bits per heavy atom. The number of carbonyl (C=O) groups excluding carboxylic acids is 1. The monoisotopic (exact) mass is 513 g/mol. The molecule has 2 N–H and O–H groups in total. The van der Waals surface area contributed by atoms with E-state index in [2.05, 4.69) is 10.3 Å². The summed E-state index contributed by atoms with van der Waals surface area (Å²) in [6, 6.07) is 17.7. The minimum absolute atomic E-state index is 0.150. The first-order chi connectivity index (χ1) is 17.4. The number of amides is 1. The van der Waals surface area contributed by atoms with E-state index in [4.69, 9.17) is 21.4 Å². The average Bonchev–Trinajstić information content (AvgIpc) is 2.90. The molecule has 0 aliphatic carbocycles. The van der Waals surface area contributed by atoms with Gasteiger partial charge in [-0.1, -0.05) is 30.7 Å². The average molecular weight is 514 g/mol. The summed E-state index contributed by atoms with van der Waals surface area (Å²) in [5.41, 5.74) is 1.51. The van der Waals surface area contributed by atoms with Gasteiger partial charge >= 0.3 is 0 Å². The van der Waals surface area contributed by atoms with E-state index in [1.807, 2.05) is 43.1 Å². The second kappa shape index (κ2) is 14.7. The van der Waals surface area contributed by atoms with E-state index >= 15 is 0 Å². The Labute approximate surface area is 216 Å². The van der Waals surface area contributed by atoms with Gasteiger partial charge in [0.15, 0.2) is 0 Å². The molecule has 0 saturated carbocycles. The fourth-order valence-electron chi connectivity index (χ4n) is 2.90. The highest BCUT2D eigenvalue weighted by atomic mass is 35.5. The summed E-state index contributed by atoms with van der Waals surface area (Å²) in [5.74, 6) is 1.46. The van der Waals surface area contributed by atoms with E-state index in [1.165, 1.54) is 15.5 Å². The van der Waals surface area contributed by atoms with Gasteiger partial charge in [-0.2, -0.15) is 0 Å². The zero-order valence-electron chi connectivity index (χ0n) is 20.9. The predicted octanol–water partition coefficient (Wildman–Crippen LogP) is 3.78. The number of aliphatic hydroxyl groups is 1. The van der Waals surface area contributed by atoms with Crippen LogP contribution < -0.4 is 15.6 Å². The van der Waals surface area contributed by atoms with Crippen LogP contribution in [0, 0.1) is 0 Å². The van der Waals surface area contributed by atoms with Crippen molar-refractivity contribution in [3.8, 4) is 11.5 Å². The number of aryl methyl sites for hydroxylation is 1. The van der Waals surface area contributed by atoms with Crippen molar-refractivity contribution in [2.24, 2.45) is 12.0 Å². The molecule has 2 aromatic carbocycles. The summed E-state index contributed by atoms with van der Waals surface area (Å²) >= 11 is 5.98. The Bertz CT molecular complexity index is 1180. The number of aliphatic hydroxyl groups excluding tert-OH is 1. The molecule has 1 amide bonds. The summed E-state index contributed by atoms with van der Waals surface area (Å²) < 4.78 is 7.24. The van der Waals surface area contributed by atoms with Crippen LogP contribution in [-0.2, 0) is 18.4 Å². The van der Waals surface area contributed by atoms with Crippen molar-refractivity contribution in [2.75, 3.05) is 32.7 Å². The third kappa shape index (κ3) is 8.84. The minimum atomic E-state index is -0.150. The van der Waals surface area contributed by atoms with Crippen LogP contribution in [-0.4, -0.2) is 59.2 Å². The molecule has 36 heavy (non-hydrogen) atoms. The summed E-state index contributed by atoms with van der Waals surface area (Å²) in [5, 5.41) is 10.9. The second-order valence-corrected chi connectivity index (χ2v) is 8.15. The van der Waals surface area contributed by atoms with Crippen molar-refractivity contribution in [3.63, 3.8) is 0 Å². The van der Waals surface area contributed by atoms with Crippen molar-refractivity contribution in [3.05, 3.63) is 87.8 Å². The van der Waals surface area contributed by atoms with Gasteiger partial charge in [-0.3, -0.25) is 19.4 Å². The number of carbonyl (C=O) groups is 1. The first-order valence-electron chi connectivity index (χ1n) is 11.2. The lowest BCUT2D eigenvalue weighted by molar-refractivity contribution is -0.115. The number of pyridine rings is 1. The van der Waals surface area contributed by atoms with E-state index in [-0.39, 0.29) is 5.56 Å². The summed E-state index contributed by atoms with van der Waals surface area (Å²) in [7, 11) is 4.63. The van der Waals surface area contributed by atoms with Gasteiger partial charge in [0.25, 0.3) is 5.56 Å². The maximum Gasteiger partial charge on any atom is 0.253 e. The topological polar surface area (TPSA) is 99.4 Å². The number of aromatic nitrogens is 1. The molecule has 0 spiro atoms. The van der Waals surface area contributed by atoms with E-state index in [9.17, 15) is 9.59 Å². The minimum Gasteiger partial charge on any atom is -0.457 e. The van der Waals surface area contributed by atoms with Crippen LogP contribution in [0.5, 0.6) is 11.5 Å². The number of halogens is 1.